The Balaban J connectivity index is 1.98. The van der Waals surface area contributed by atoms with Crippen LogP contribution >= 0.6 is 20.4 Å². The third-order valence-corrected chi connectivity index (χ3v) is 3.70. The Bertz CT molecular complexity index is 470. The first-order valence-electron chi connectivity index (χ1n) is 4.99. The Morgan fingerprint density at radius 3 is 3.17 bits per heavy atom. The quantitative estimate of drug-likeness (QED) is 0.644. The SMILES string of the molecule is Nc1ccn([C@@H]2CS[C@H](COP(O)O)O2)c(=O)n1. The number of rotatable bonds is 4. The third-order valence-electron chi connectivity index (χ3n) is 2.22. The van der Waals surface area contributed by atoms with Gasteiger partial charge in [-0.15, -0.1) is 11.8 Å². The summed E-state index contributed by atoms with van der Waals surface area (Å²) in [5.41, 5.74) is 4.57. The zero-order valence-corrected chi connectivity index (χ0v) is 10.9. The van der Waals surface area contributed by atoms with Crippen LogP contribution in [0.1, 0.15) is 6.23 Å². The van der Waals surface area contributed by atoms with E-state index in [2.05, 4.69) is 9.51 Å². The summed E-state index contributed by atoms with van der Waals surface area (Å²) in [5.74, 6) is 0.710. The number of nitrogen functional groups attached to an aromatic ring is 1. The maximum Gasteiger partial charge on any atom is 0.351 e. The van der Waals surface area contributed by atoms with Gasteiger partial charge in [0, 0.05) is 11.9 Å². The zero-order chi connectivity index (χ0) is 13.1. The van der Waals surface area contributed by atoms with Crippen molar-refractivity contribution in [3.8, 4) is 0 Å². The van der Waals surface area contributed by atoms with Crippen LogP contribution in [0, 0.1) is 0 Å². The maximum atomic E-state index is 11.6. The predicted molar refractivity (Wildman–Crippen MR) is 66.6 cm³/mol. The van der Waals surface area contributed by atoms with E-state index in [0.717, 1.165) is 0 Å². The second kappa shape index (κ2) is 5.96. The molecule has 1 saturated heterocycles. The van der Waals surface area contributed by atoms with Crippen molar-refractivity contribution in [2.75, 3.05) is 18.1 Å². The molecule has 2 rings (SSSR count). The van der Waals surface area contributed by atoms with E-state index in [1.54, 1.807) is 0 Å². The standard InChI is InChI=1S/C8H12N3O5PS/c9-5-1-2-11(8(12)10-5)6-4-18-7(16-6)3-15-17(13)14/h1-2,6-7,13-14H,3-4H2,(H2,9,10,12)/t6-,7+/m0/s1. The highest BCUT2D eigenvalue weighted by atomic mass is 32.2. The largest absolute Gasteiger partial charge is 0.383 e. The third kappa shape index (κ3) is 3.41. The Labute approximate surface area is 108 Å². The number of aromatic nitrogens is 2. The highest BCUT2D eigenvalue weighted by Crippen LogP contribution is 2.34. The minimum absolute atomic E-state index is 0.0526. The van der Waals surface area contributed by atoms with Crippen LogP contribution in [0.25, 0.3) is 0 Å². The highest BCUT2D eigenvalue weighted by molar-refractivity contribution is 8.00. The molecule has 2 heterocycles. The topological polar surface area (TPSA) is 120 Å². The van der Waals surface area contributed by atoms with Gasteiger partial charge in [0.05, 0.1) is 6.61 Å². The van der Waals surface area contributed by atoms with Crippen molar-refractivity contribution in [3.63, 3.8) is 0 Å². The first-order valence-corrected chi connectivity index (χ1v) is 7.20. The van der Waals surface area contributed by atoms with E-state index in [9.17, 15) is 4.79 Å². The molecule has 18 heavy (non-hydrogen) atoms. The smallest absolute Gasteiger partial charge is 0.351 e. The fourth-order valence-corrected chi connectivity index (χ4v) is 2.81. The molecule has 0 aliphatic carbocycles. The summed E-state index contributed by atoms with van der Waals surface area (Å²) in [5, 5.41) is 0. The molecular formula is C8H12N3O5PS. The highest BCUT2D eigenvalue weighted by Gasteiger charge is 2.28. The Morgan fingerprint density at radius 2 is 2.50 bits per heavy atom. The molecule has 1 aromatic heterocycles. The summed E-state index contributed by atoms with van der Waals surface area (Å²) in [7, 11) is -2.39. The normalized spacial score (nSPS) is 23.7. The molecule has 0 amide bonds. The molecule has 4 N–H and O–H groups in total. The molecule has 0 unspecified atom stereocenters. The fourth-order valence-electron chi connectivity index (χ4n) is 1.45. The lowest BCUT2D eigenvalue weighted by atomic mass is 10.5. The lowest BCUT2D eigenvalue weighted by Crippen LogP contribution is -2.28. The zero-order valence-electron chi connectivity index (χ0n) is 9.17. The summed E-state index contributed by atoms with van der Waals surface area (Å²) < 4.78 is 11.5. The molecule has 0 aromatic carbocycles. The molecule has 1 fully saturated rings. The van der Waals surface area contributed by atoms with E-state index < -0.39 is 20.5 Å². The summed E-state index contributed by atoms with van der Waals surface area (Å²) in [6, 6.07) is 1.51. The first-order chi connectivity index (χ1) is 8.56. The molecule has 8 nitrogen and oxygen atoms in total. The van der Waals surface area contributed by atoms with Crippen molar-refractivity contribution in [3.05, 3.63) is 22.7 Å². The van der Waals surface area contributed by atoms with Crippen LogP contribution in [-0.4, -0.2) is 37.1 Å². The molecular weight excluding hydrogens is 281 g/mol. The van der Waals surface area contributed by atoms with Crippen molar-refractivity contribution in [1.82, 2.24) is 9.55 Å². The van der Waals surface area contributed by atoms with Gasteiger partial charge in [-0.25, -0.2) is 4.79 Å². The van der Waals surface area contributed by atoms with E-state index in [-0.39, 0.29) is 17.9 Å². The molecule has 0 saturated carbocycles. The number of hydrogen-bond acceptors (Lipinski definition) is 8. The first kappa shape index (κ1) is 13.7. The molecule has 1 aromatic rings. The van der Waals surface area contributed by atoms with Gasteiger partial charge in [0.25, 0.3) is 0 Å². The van der Waals surface area contributed by atoms with Crippen molar-refractivity contribution >= 4 is 26.2 Å². The molecule has 1 aliphatic heterocycles. The monoisotopic (exact) mass is 293 g/mol. The predicted octanol–water partition coefficient (Wildman–Crippen LogP) is -0.358. The fraction of sp³-hybridized carbons (Fsp3) is 0.500. The van der Waals surface area contributed by atoms with E-state index >= 15 is 0 Å². The van der Waals surface area contributed by atoms with Gasteiger partial charge in [-0.3, -0.25) is 4.57 Å². The lowest BCUT2D eigenvalue weighted by molar-refractivity contribution is -0.00364. The molecule has 10 heteroatoms. The van der Waals surface area contributed by atoms with E-state index in [0.29, 0.717) is 5.75 Å². The molecule has 100 valence electrons. The van der Waals surface area contributed by atoms with Gasteiger partial charge >= 0.3 is 14.3 Å². The average Bonchev–Trinajstić information content (AvgIpc) is 2.75. The lowest BCUT2D eigenvalue weighted by Gasteiger charge is -2.14. The number of ether oxygens (including phenoxy) is 1. The van der Waals surface area contributed by atoms with Crippen molar-refractivity contribution in [2.24, 2.45) is 0 Å². The van der Waals surface area contributed by atoms with Gasteiger partial charge in [0.15, 0.2) is 0 Å². The average molecular weight is 293 g/mol. The summed E-state index contributed by atoms with van der Waals surface area (Å²) in [4.78, 5) is 32.4. The van der Waals surface area contributed by atoms with Crippen LogP contribution in [0.3, 0.4) is 0 Å². The van der Waals surface area contributed by atoms with Crippen molar-refractivity contribution in [2.45, 2.75) is 11.7 Å². The molecule has 0 bridgehead atoms. The minimum atomic E-state index is -2.39. The van der Waals surface area contributed by atoms with Gasteiger partial charge in [-0.05, 0) is 6.07 Å². The Morgan fingerprint density at radius 1 is 1.72 bits per heavy atom. The van der Waals surface area contributed by atoms with Crippen LogP contribution in [-0.2, 0) is 9.26 Å². The molecule has 2 atom stereocenters. The van der Waals surface area contributed by atoms with Crippen molar-refractivity contribution in [1.29, 1.82) is 0 Å². The number of thioether (sulfide) groups is 1. The van der Waals surface area contributed by atoms with Crippen LogP contribution in [0.5, 0.6) is 0 Å². The number of anilines is 1. The number of nitrogens with zero attached hydrogens (tertiary/aromatic N) is 2. The number of hydrogen-bond donors (Lipinski definition) is 3. The van der Waals surface area contributed by atoms with Gasteiger partial charge in [0.2, 0.25) is 0 Å². The molecule has 0 radical (unpaired) electrons. The Kier molecular flexibility index (Phi) is 4.55. The van der Waals surface area contributed by atoms with Crippen LogP contribution in [0.4, 0.5) is 5.82 Å². The van der Waals surface area contributed by atoms with Gasteiger partial charge in [-0.2, -0.15) is 4.98 Å². The van der Waals surface area contributed by atoms with Gasteiger partial charge in [0.1, 0.15) is 17.5 Å². The Hall–Kier alpha value is -0.700. The summed E-state index contributed by atoms with van der Waals surface area (Å²) in [6.07, 6.45) is 1.07. The van der Waals surface area contributed by atoms with Gasteiger partial charge < -0.3 is 24.8 Å². The summed E-state index contributed by atoms with van der Waals surface area (Å²) in [6.45, 7) is 0.0526. The number of nitrogens with two attached hydrogens (primary N) is 1. The van der Waals surface area contributed by atoms with Crippen LogP contribution in [0.2, 0.25) is 0 Å². The van der Waals surface area contributed by atoms with Gasteiger partial charge in [-0.1, -0.05) is 0 Å². The maximum absolute atomic E-state index is 11.6. The molecule has 1 aliphatic rings. The van der Waals surface area contributed by atoms with E-state index in [1.807, 2.05) is 0 Å². The second-order valence-corrected chi connectivity index (χ2v) is 5.40. The van der Waals surface area contributed by atoms with Crippen LogP contribution < -0.4 is 11.4 Å². The minimum Gasteiger partial charge on any atom is -0.383 e. The van der Waals surface area contributed by atoms with Crippen molar-refractivity contribution < 1.29 is 19.0 Å². The second-order valence-electron chi connectivity index (χ2n) is 3.44. The summed E-state index contributed by atoms with van der Waals surface area (Å²) >= 11 is 1.42. The van der Waals surface area contributed by atoms with Crippen LogP contribution in [0.15, 0.2) is 17.1 Å². The van der Waals surface area contributed by atoms with E-state index in [4.69, 9.17) is 20.3 Å². The molecule has 0 spiro atoms. The van der Waals surface area contributed by atoms with E-state index in [1.165, 1.54) is 28.6 Å².